The molecular weight excluding hydrogens is 266 g/mol. The van der Waals surface area contributed by atoms with Gasteiger partial charge in [-0.15, -0.1) is 0 Å². The zero-order valence-electron chi connectivity index (χ0n) is 13.2. The molecule has 0 aliphatic heterocycles. The van der Waals surface area contributed by atoms with Gasteiger partial charge in [0.25, 0.3) is 5.91 Å². The van der Waals surface area contributed by atoms with Crippen LogP contribution >= 0.6 is 0 Å². The molecule has 1 rings (SSSR count). The minimum absolute atomic E-state index is 0.0364. The SMILES string of the molecule is CNc1ccc(C(=O)NCCC(=O)NCC(C)C)cc1C. The van der Waals surface area contributed by atoms with Gasteiger partial charge in [0.1, 0.15) is 0 Å². The molecule has 0 unspecified atom stereocenters. The van der Waals surface area contributed by atoms with E-state index in [-0.39, 0.29) is 11.8 Å². The van der Waals surface area contributed by atoms with Crippen molar-refractivity contribution in [2.75, 3.05) is 25.5 Å². The Morgan fingerprint density at radius 1 is 1.19 bits per heavy atom. The number of hydrogen-bond donors (Lipinski definition) is 3. The van der Waals surface area contributed by atoms with Crippen molar-refractivity contribution in [3.05, 3.63) is 29.3 Å². The Morgan fingerprint density at radius 3 is 2.48 bits per heavy atom. The fourth-order valence-corrected chi connectivity index (χ4v) is 1.88. The van der Waals surface area contributed by atoms with Crippen LogP contribution in [0.3, 0.4) is 0 Å². The number of aryl methyl sites for hydroxylation is 1. The van der Waals surface area contributed by atoms with E-state index in [9.17, 15) is 9.59 Å². The van der Waals surface area contributed by atoms with Crippen molar-refractivity contribution in [1.82, 2.24) is 10.6 Å². The Kier molecular flexibility index (Phi) is 6.72. The van der Waals surface area contributed by atoms with Crippen LogP contribution < -0.4 is 16.0 Å². The van der Waals surface area contributed by atoms with E-state index < -0.39 is 0 Å². The molecule has 0 saturated heterocycles. The molecule has 0 heterocycles. The van der Waals surface area contributed by atoms with E-state index in [4.69, 9.17) is 0 Å². The largest absolute Gasteiger partial charge is 0.388 e. The average Bonchev–Trinajstić information content (AvgIpc) is 2.44. The molecule has 21 heavy (non-hydrogen) atoms. The lowest BCUT2D eigenvalue weighted by atomic mass is 10.1. The van der Waals surface area contributed by atoms with Gasteiger partial charge in [-0.05, 0) is 36.6 Å². The summed E-state index contributed by atoms with van der Waals surface area (Å²) in [6.45, 7) is 7.04. The summed E-state index contributed by atoms with van der Waals surface area (Å²) in [6, 6.07) is 5.48. The Labute approximate surface area is 126 Å². The first kappa shape index (κ1) is 17.0. The summed E-state index contributed by atoms with van der Waals surface area (Å²) in [4.78, 5) is 23.5. The average molecular weight is 291 g/mol. The van der Waals surface area contributed by atoms with Crippen molar-refractivity contribution in [1.29, 1.82) is 0 Å². The Morgan fingerprint density at radius 2 is 1.90 bits per heavy atom. The smallest absolute Gasteiger partial charge is 0.251 e. The quantitative estimate of drug-likeness (QED) is 0.719. The summed E-state index contributed by atoms with van der Waals surface area (Å²) in [6.07, 6.45) is 0.298. The molecule has 0 aliphatic carbocycles. The predicted molar refractivity (Wildman–Crippen MR) is 85.5 cm³/mol. The minimum Gasteiger partial charge on any atom is -0.388 e. The van der Waals surface area contributed by atoms with E-state index in [1.165, 1.54) is 0 Å². The van der Waals surface area contributed by atoms with Gasteiger partial charge in [0.2, 0.25) is 5.91 Å². The van der Waals surface area contributed by atoms with Crippen LogP contribution in [0.1, 0.15) is 36.2 Å². The van der Waals surface area contributed by atoms with Crippen molar-refractivity contribution < 1.29 is 9.59 Å². The molecule has 0 aliphatic rings. The normalized spacial score (nSPS) is 10.3. The lowest BCUT2D eigenvalue weighted by Crippen LogP contribution is -2.32. The minimum atomic E-state index is -0.155. The van der Waals surface area contributed by atoms with E-state index in [0.717, 1.165) is 11.3 Å². The van der Waals surface area contributed by atoms with Crippen molar-refractivity contribution in [3.8, 4) is 0 Å². The van der Waals surface area contributed by atoms with Crippen molar-refractivity contribution in [3.63, 3.8) is 0 Å². The summed E-state index contributed by atoms with van der Waals surface area (Å²) >= 11 is 0. The number of amides is 2. The third kappa shape index (κ3) is 5.85. The molecule has 3 N–H and O–H groups in total. The molecule has 116 valence electrons. The number of hydrogen-bond acceptors (Lipinski definition) is 3. The van der Waals surface area contributed by atoms with Gasteiger partial charge in [0.15, 0.2) is 0 Å². The highest BCUT2D eigenvalue weighted by atomic mass is 16.2. The maximum Gasteiger partial charge on any atom is 0.251 e. The number of rotatable bonds is 7. The topological polar surface area (TPSA) is 70.2 Å². The van der Waals surface area contributed by atoms with Crippen LogP contribution in [0.4, 0.5) is 5.69 Å². The van der Waals surface area contributed by atoms with Gasteiger partial charge in [-0.25, -0.2) is 0 Å². The molecule has 5 nitrogen and oxygen atoms in total. The summed E-state index contributed by atoms with van der Waals surface area (Å²) in [5.41, 5.74) is 2.62. The molecule has 1 aromatic carbocycles. The zero-order valence-corrected chi connectivity index (χ0v) is 13.2. The molecule has 0 saturated carbocycles. The molecule has 5 heteroatoms. The van der Waals surface area contributed by atoms with Crippen LogP contribution in [0.2, 0.25) is 0 Å². The van der Waals surface area contributed by atoms with E-state index in [1.54, 1.807) is 6.07 Å². The molecule has 1 aromatic rings. The fraction of sp³-hybridized carbons (Fsp3) is 0.500. The number of benzene rings is 1. The van der Waals surface area contributed by atoms with E-state index in [2.05, 4.69) is 16.0 Å². The molecule has 0 radical (unpaired) electrons. The standard InChI is InChI=1S/C16H25N3O2/c1-11(2)10-19-15(20)7-8-18-16(21)13-5-6-14(17-4)12(3)9-13/h5-6,9,11,17H,7-8,10H2,1-4H3,(H,18,21)(H,19,20). The molecule has 0 fully saturated rings. The van der Waals surface area contributed by atoms with Crippen LogP contribution in [0.15, 0.2) is 18.2 Å². The van der Waals surface area contributed by atoms with Gasteiger partial charge in [-0.2, -0.15) is 0 Å². The highest BCUT2D eigenvalue weighted by Gasteiger charge is 2.08. The maximum atomic E-state index is 12.0. The van der Waals surface area contributed by atoms with Crippen LogP contribution in [0.25, 0.3) is 0 Å². The van der Waals surface area contributed by atoms with Crippen LogP contribution in [0.5, 0.6) is 0 Å². The van der Waals surface area contributed by atoms with Crippen molar-refractivity contribution in [2.24, 2.45) is 5.92 Å². The van der Waals surface area contributed by atoms with Crippen LogP contribution in [-0.4, -0.2) is 32.0 Å². The Balaban J connectivity index is 2.40. The van der Waals surface area contributed by atoms with Gasteiger partial charge >= 0.3 is 0 Å². The Hall–Kier alpha value is -2.04. The number of carbonyl (C=O) groups is 2. The van der Waals surface area contributed by atoms with Crippen molar-refractivity contribution >= 4 is 17.5 Å². The highest BCUT2D eigenvalue weighted by Crippen LogP contribution is 2.15. The van der Waals surface area contributed by atoms with E-state index in [0.29, 0.717) is 31.0 Å². The molecule has 0 aromatic heterocycles. The van der Waals surface area contributed by atoms with Gasteiger partial charge in [-0.3, -0.25) is 9.59 Å². The van der Waals surface area contributed by atoms with Crippen molar-refractivity contribution in [2.45, 2.75) is 27.2 Å². The lowest BCUT2D eigenvalue weighted by Gasteiger charge is -2.10. The van der Waals surface area contributed by atoms with E-state index in [1.807, 2.05) is 40.0 Å². The second-order valence-electron chi connectivity index (χ2n) is 5.48. The molecule has 0 spiro atoms. The predicted octanol–water partition coefficient (Wildman–Crippen LogP) is 1.93. The number of carbonyl (C=O) groups excluding carboxylic acids is 2. The van der Waals surface area contributed by atoms with Gasteiger partial charge < -0.3 is 16.0 Å². The summed E-state index contributed by atoms with van der Waals surface area (Å²) < 4.78 is 0. The molecular formula is C16H25N3O2. The highest BCUT2D eigenvalue weighted by molar-refractivity contribution is 5.95. The monoisotopic (exact) mass is 291 g/mol. The third-order valence-electron chi connectivity index (χ3n) is 3.10. The first-order valence-electron chi connectivity index (χ1n) is 7.27. The van der Waals surface area contributed by atoms with Gasteiger partial charge in [0, 0.05) is 37.8 Å². The first-order chi connectivity index (χ1) is 9.93. The molecule has 2 amide bonds. The number of nitrogens with one attached hydrogen (secondary N) is 3. The maximum absolute atomic E-state index is 12.0. The fourth-order valence-electron chi connectivity index (χ4n) is 1.88. The summed E-state index contributed by atoms with van der Waals surface area (Å²) in [5, 5.41) is 8.64. The number of anilines is 1. The first-order valence-corrected chi connectivity index (χ1v) is 7.27. The van der Waals surface area contributed by atoms with Gasteiger partial charge in [0.05, 0.1) is 0 Å². The zero-order chi connectivity index (χ0) is 15.8. The summed E-state index contributed by atoms with van der Waals surface area (Å²) in [5.74, 6) is 0.236. The summed E-state index contributed by atoms with van der Waals surface area (Å²) in [7, 11) is 1.85. The Bertz CT molecular complexity index is 498. The van der Waals surface area contributed by atoms with Crippen LogP contribution in [-0.2, 0) is 4.79 Å². The van der Waals surface area contributed by atoms with Gasteiger partial charge in [-0.1, -0.05) is 13.8 Å². The van der Waals surface area contributed by atoms with Crippen LogP contribution in [0, 0.1) is 12.8 Å². The molecule has 0 bridgehead atoms. The second-order valence-corrected chi connectivity index (χ2v) is 5.48. The lowest BCUT2D eigenvalue weighted by molar-refractivity contribution is -0.121. The molecule has 0 atom stereocenters. The third-order valence-corrected chi connectivity index (χ3v) is 3.10. The second kappa shape index (κ2) is 8.29. The van der Waals surface area contributed by atoms with E-state index >= 15 is 0 Å².